The SMILES string of the molecule is CC(C)OC1=CC(OCc2ccccc2F)=CC(C(N)=O)C1. The standard InChI is InChI=1S/C17H20FNO3/c1-11(2)22-15-8-13(17(19)20)7-14(9-15)21-10-12-5-3-4-6-16(12)18/h3-7,9,11,13H,8,10H2,1-2H3,(H2,19,20). The zero-order chi connectivity index (χ0) is 16.1. The Hall–Kier alpha value is -2.30. The largest absolute Gasteiger partial charge is 0.495 e. The van der Waals surface area contributed by atoms with Crippen molar-refractivity contribution in [2.45, 2.75) is 33.0 Å². The lowest BCUT2D eigenvalue weighted by Gasteiger charge is -2.22. The molecule has 22 heavy (non-hydrogen) atoms. The minimum Gasteiger partial charge on any atom is -0.495 e. The Morgan fingerprint density at radius 1 is 1.41 bits per heavy atom. The molecule has 1 unspecified atom stereocenters. The van der Waals surface area contributed by atoms with Gasteiger partial charge in [-0.05, 0) is 26.0 Å². The Labute approximate surface area is 129 Å². The second-order valence-corrected chi connectivity index (χ2v) is 5.44. The van der Waals surface area contributed by atoms with Gasteiger partial charge in [0.05, 0.1) is 12.0 Å². The Morgan fingerprint density at radius 2 is 2.14 bits per heavy atom. The van der Waals surface area contributed by atoms with E-state index in [1.807, 2.05) is 13.8 Å². The van der Waals surface area contributed by atoms with Gasteiger partial charge in [-0.2, -0.15) is 0 Å². The van der Waals surface area contributed by atoms with Crippen molar-refractivity contribution in [3.8, 4) is 0 Å². The quantitative estimate of drug-likeness (QED) is 0.878. The number of hydrogen-bond acceptors (Lipinski definition) is 3. The number of rotatable bonds is 6. The van der Waals surface area contributed by atoms with Gasteiger partial charge in [0.15, 0.2) is 0 Å². The molecule has 1 aromatic rings. The molecule has 0 fully saturated rings. The third kappa shape index (κ3) is 4.35. The number of hydrogen-bond donors (Lipinski definition) is 1. The van der Waals surface area contributed by atoms with Crippen LogP contribution in [0.5, 0.6) is 0 Å². The second kappa shape index (κ2) is 7.11. The molecule has 0 aliphatic heterocycles. The van der Waals surface area contributed by atoms with E-state index < -0.39 is 11.8 Å². The van der Waals surface area contributed by atoms with E-state index in [1.54, 1.807) is 30.4 Å². The lowest BCUT2D eigenvalue weighted by molar-refractivity contribution is -0.120. The van der Waals surface area contributed by atoms with Crippen molar-refractivity contribution in [3.05, 3.63) is 59.3 Å². The van der Waals surface area contributed by atoms with Crippen molar-refractivity contribution in [3.63, 3.8) is 0 Å². The van der Waals surface area contributed by atoms with E-state index in [2.05, 4.69) is 0 Å². The number of carbonyl (C=O) groups is 1. The summed E-state index contributed by atoms with van der Waals surface area (Å²) in [6.45, 7) is 3.88. The van der Waals surface area contributed by atoms with E-state index in [-0.39, 0.29) is 18.5 Å². The molecule has 118 valence electrons. The first-order valence-electron chi connectivity index (χ1n) is 7.20. The average molecular weight is 305 g/mol. The molecule has 1 atom stereocenters. The van der Waals surface area contributed by atoms with Crippen molar-refractivity contribution in [2.75, 3.05) is 0 Å². The molecule has 0 radical (unpaired) electrons. The van der Waals surface area contributed by atoms with Crippen LogP contribution in [0.3, 0.4) is 0 Å². The molecule has 5 heteroatoms. The lowest BCUT2D eigenvalue weighted by atomic mass is 9.97. The summed E-state index contributed by atoms with van der Waals surface area (Å²) in [5.74, 6) is -0.133. The molecular weight excluding hydrogens is 285 g/mol. The number of primary amides is 1. The Morgan fingerprint density at radius 3 is 2.77 bits per heavy atom. The van der Waals surface area contributed by atoms with Crippen LogP contribution >= 0.6 is 0 Å². The summed E-state index contributed by atoms with van der Waals surface area (Å²) in [7, 11) is 0. The Kier molecular flexibility index (Phi) is 5.20. The van der Waals surface area contributed by atoms with Crippen molar-refractivity contribution < 1.29 is 18.7 Å². The summed E-state index contributed by atoms with van der Waals surface area (Å²) in [5, 5.41) is 0. The van der Waals surface area contributed by atoms with Gasteiger partial charge in [-0.1, -0.05) is 18.2 Å². The maximum Gasteiger partial charge on any atom is 0.224 e. The average Bonchev–Trinajstić information content (AvgIpc) is 2.45. The molecule has 0 saturated carbocycles. The van der Waals surface area contributed by atoms with Crippen LogP contribution in [-0.2, 0) is 20.9 Å². The van der Waals surface area contributed by atoms with Crippen LogP contribution in [0.25, 0.3) is 0 Å². The normalized spacial score (nSPS) is 17.7. The van der Waals surface area contributed by atoms with Gasteiger partial charge < -0.3 is 15.2 Å². The fourth-order valence-electron chi connectivity index (χ4n) is 2.17. The second-order valence-electron chi connectivity index (χ2n) is 5.44. The van der Waals surface area contributed by atoms with Crippen molar-refractivity contribution >= 4 is 5.91 Å². The number of allylic oxidation sites excluding steroid dienone is 2. The first kappa shape index (κ1) is 16.1. The molecule has 1 aromatic carbocycles. The fourth-order valence-corrected chi connectivity index (χ4v) is 2.17. The molecule has 0 saturated heterocycles. The number of halogens is 1. The van der Waals surface area contributed by atoms with Gasteiger partial charge in [0, 0.05) is 18.1 Å². The zero-order valence-corrected chi connectivity index (χ0v) is 12.7. The summed E-state index contributed by atoms with van der Waals surface area (Å²) in [6, 6.07) is 6.39. The topological polar surface area (TPSA) is 61.6 Å². The van der Waals surface area contributed by atoms with Crippen LogP contribution in [0, 0.1) is 11.7 Å². The van der Waals surface area contributed by atoms with Gasteiger partial charge in [0.25, 0.3) is 0 Å². The van der Waals surface area contributed by atoms with Crippen LogP contribution in [0.4, 0.5) is 4.39 Å². The molecule has 0 bridgehead atoms. The molecule has 0 heterocycles. The van der Waals surface area contributed by atoms with E-state index in [4.69, 9.17) is 15.2 Å². The first-order valence-corrected chi connectivity index (χ1v) is 7.20. The summed E-state index contributed by atoms with van der Waals surface area (Å²) < 4.78 is 24.8. The highest BCUT2D eigenvalue weighted by Gasteiger charge is 2.22. The number of carbonyl (C=O) groups excluding carboxylic acids is 1. The minimum atomic E-state index is -0.477. The van der Waals surface area contributed by atoms with Gasteiger partial charge in [0.2, 0.25) is 5.91 Å². The highest BCUT2D eigenvalue weighted by atomic mass is 19.1. The maximum absolute atomic E-state index is 13.6. The van der Waals surface area contributed by atoms with Gasteiger partial charge in [0.1, 0.15) is 23.9 Å². The fraction of sp³-hybridized carbons (Fsp3) is 0.353. The van der Waals surface area contributed by atoms with Crippen molar-refractivity contribution in [1.29, 1.82) is 0 Å². The summed E-state index contributed by atoms with van der Waals surface area (Å²) in [6.07, 6.45) is 3.78. The summed E-state index contributed by atoms with van der Waals surface area (Å²) in [5.41, 5.74) is 5.82. The monoisotopic (exact) mass is 305 g/mol. The molecule has 2 rings (SSSR count). The van der Waals surface area contributed by atoms with E-state index in [0.717, 1.165) is 0 Å². The highest BCUT2D eigenvalue weighted by molar-refractivity contribution is 5.79. The third-order valence-electron chi connectivity index (χ3n) is 3.19. The number of benzene rings is 1. The zero-order valence-electron chi connectivity index (χ0n) is 12.7. The highest BCUT2D eigenvalue weighted by Crippen LogP contribution is 2.26. The minimum absolute atomic E-state index is 0.00862. The lowest BCUT2D eigenvalue weighted by Crippen LogP contribution is -2.25. The third-order valence-corrected chi connectivity index (χ3v) is 3.19. The van der Waals surface area contributed by atoms with Gasteiger partial charge in [-0.25, -0.2) is 4.39 Å². The van der Waals surface area contributed by atoms with Crippen LogP contribution in [-0.4, -0.2) is 12.0 Å². The number of amides is 1. The van der Waals surface area contributed by atoms with Crippen LogP contribution in [0.15, 0.2) is 47.9 Å². The first-order chi connectivity index (χ1) is 10.5. The summed E-state index contributed by atoms with van der Waals surface area (Å²) in [4.78, 5) is 11.4. The Balaban J connectivity index is 2.10. The van der Waals surface area contributed by atoms with E-state index in [1.165, 1.54) is 6.07 Å². The van der Waals surface area contributed by atoms with Crippen LogP contribution in [0.2, 0.25) is 0 Å². The molecule has 0 aromatic heterocycles. The number of nitrogens with two attached hydrogens (primary N) is 1. The Bertz CT molecular complexity index is 608. The summed E-state index contributed by atoms with van der Waals surface area (Å²) >= 11 is 0. The van der Waals surface area contributed by atoms with Crippen molar-refractivity contribution in [1.82, 2.24) is 0 Å². The van der Waals surface area contributed by atoms with Crippen LogP contribution < -0.4 is 5.73 Å². The molecule has 1 amide bonds. The van der Waals surface area contributed by atoms with E-state index in [9.17, 15) is 9.18 Å². The molecular formula is C17H20FNO3. The van der Waals surface area contributed by atoms with E-state index >= 15 is 0 Å². The molecule has 1 aliphatic carbocycles. The predicted molar refractivity (Wildman–Crippen MR) is 80.9 cm³/mol. The van der Waals surface area contributed by atoms with E-state index in [0.29, 0.717) is 23.5 Å². The molecule has 1 aliphatic rings. The molecule has 0 spiro atoms. The molecule has 4 nitrogen and oxygen atoms in total. The van der Waals surface area contributed by atoms with Gasteiger partial charge in [-0.3, -0.25) is 4.79 Å². The number of ether oxygens (including phenoxy) is 2. The smallest absolute Gasteiger partial charge is 0.224 e. The molecule has 2 N–H and O–H groups in total. The maximum atomic E-state index is 13.6. The van der Waals surface area contributed by atoms with Gasteiger partial charge >= 0.3 is 0 Å². The van der Waals surface area contributed by atoms with Crippen molar-refractivity contribution in [2.24, 2.45) is 11.7 Å². The van der Waals surface area contributed by atoms with Gasteiger partial charge in [-0.15, -0.1) is 0 Å². The van der Waals surface area contributed by atoms with Crippen LogP contribution in [0.1, 0.15) is 25.8 Å². The predicted octanol–water partition coefficient (Wildman–Crippen LogP) is 3.04.